The Balaban J connectivity index is 2.61. The van der Waals surface area contributed by atoms with Gasteiger partial charge in [0.2, 0.25) is 0 Å². The van der Waals surface area contributed by atoms with Crippen LogP contribution >= 0.6 is 12.6 Å². The molecule has 0 unspecified atom stereocenters. The second kappa shape index (κ2) is 7.37. The number of hydrogen-bond acceptors (Lipinski definition) is 3. The minimum absolute atomic E-state index is 0.173. The van der Waals surface area contributed by atoms with E-state index in [0.717, 1.165) is 12.2 Å². The zero-order chi connectivity index (χ0) is 15.2. The number of thiol groups is 1. The van der Waals surface area contributed by atoms with Crippen LogP contribution in [0.15, 0.2) is 24.3 Å². The molecule has 3 heteroatoms. The van der Waals surface area contributed by atoms with Gasteiger partial charge in [0.15, 0.2) is 0 Å². The Morgan fingerprint density at radius 1 is 0.950 bits per heavy atom. The summed E-state index contributed by atoms with van der Waals surface area (Å²) in [6.07, 6.45) is 1.15. The van der Waals surface area contributed by atoms with E-state index >= 15 is 0 Å². The summed E-state index contributed by atoms with van der Waals surface area (Å²) in [6, 6.07) is 8.42. The third kappa shape index (κ3) is 6.19. The Kier molecular flexibility index (Phi) is 6.41. The largest absolute Gasteiger partial charge is 0.491 e. The maximum atomic E-state index is 5.62. The lowest BCUT2D eigenvalue weighted by atomic mass is 9.72. The van der Waals surface area contributed by atoms with E-state index in [0.29, 0.717) is 24.6 Å². The molecular formula is C17H28O2S. The molecule has 1 rings (SSSR count). The van der Waals surface area contributed by atoms with Gasteiger partial charge in [0.05, 0.1) is 12.5 Å². The van der Waals surface area contributed by atoms with Gasteiger partial charge in [-0.3, -0.25) is 0 Å². The van der Waals surface area contributed by atoms with E-state index in [1.165, 1.54) is 5.56 Å². The summed E-state index contributed by atoms with van der Waals surface area (Å²) in [5.41, 5.74) is 1.85. The maximum Gasteiger partial charge on any atom is 0.119 e. The van der Waals surface area contributed by atoms with Crippen molar-refractivity contribution < 1.29 is 9.47 Å². The predicted molar refractivity (Wildman–Crippen MR) is 88.8 cm³/mol. The molecule has 0 aromatic heterocycles. The summed E-state index contributed by atoms with van der Waals surface area (Å²) in [4.78, 5) is 0. The molecule has 0 aliphatic rings. The van der Waals surface area contributed by atoms with Crippen LogP contribution in [0.4, 0.5) is 0 Å². The highest BCUT2D eigenvalue weighted by molar-refractivity contribution is 7.80. The van der Waals surface area contributed by atoms with Crippen molar-refractivity contribution >= 4 is 12.6 Å². The van der Waals surface area contributed by atoms with E-state index < -0.39 is 0 Å². The molecule has 0 saturated heterocycles. The number of hydrogen-bond donors (Lipinski definition) is 1. The van der Waals surface area contributed by atoms with Crippen molar-refractivity contribution in [3.05, 3.63) is 29.8 Å². The molecule has 1 aromatic rings. The minimum Gasteiger partial charge on any atom is -0.491 e. The normalized spacial score (nSPS) is 12.5. The first kappa shape index (κ1) is 17.4. The highest BCUT2D eigenvalue weighted by Gasteiger charge is 2.27. The van der Waals surface area contributed by atoms with Crippen molar-refractivity contribution in [2.75, 3.05) is 19.2 Å². The maximum absolute atomic E-state index is 5.62. The average molecular weight is 296 g/mol. The summed E-state index contributed by atoms with van der Waals surface area (Å²) < 4.78 is 10.7. The van der Waals surface area contributed by atoms with Gasteiger partial charge >= 0.3 is 0 Å². The quantitative estimate of drug-likeness (QED) is 0.447. The number of rotatable bonds is 7. The van der Waals surface area contributed by atoms with E-state index in [2.05, 4.69) is 59.4 Å². The molecule has 0 aliphatic carbocycles. The zero-order valence-electron chi connectivity index (χ0n) is 13.4. The number of ether oxygens (including phenoxy) is 2. The van der Waals surface area contributed by atoms with Crippen molar-refractivity contribution in [1.29, 1.82) is 0 Å². The van der Waals surface area contributed by atoms with Gasteiger partial charge in [0.25, 0.3) is 0 Å². The fraction of sp³-hybridized carbons (Fsp3) is 0.647. The van der Waals surface area contributed by atoms with Gasteiger partial charge in [-0.15, -0.1) is 0 Å². The standard InChI is InChI=1S/C17H28O2S/c1-16(2,3)12-17(4,5)14-6-8-15(9-7-14)19-11-10-18-13-20/h6-9,20H,10-13H2,1-5H3. The molecule has 114 valence electrons. The first-order chi connectivity index (χ1) is 9.24. The van der Waals surface area contributed by atoms with Gasteiger partial charge in [-0.2, -0.15) is 12.6 Å². The second-order valence-electron chi connectivity index (χ2n) is 7.03. The minimum atomic E-state index is 0.173. The molecular weight excluding hydrogens is 268 g/mol. The van der Waals surface area contributed by atoms with E-state index in [1.807, 2.05) is 12.1 Å². The van der Waals surface area contributed by atoms with Crippen molar-refractivity contribution in [3.63, 3.8) is 0 Å². The molecule has 0 saturated carbocycles. The van der Waals surface area contributed by atoms with Crippen LogP contribution in [0.2, 0.25) is 0 Å². The first-order valence-electron chi connectivity index (χ1n) is 7.16. The van der Waals surface area contributed by atoms with Gasteiger partial charge in [0, 0.05) is 0 Å². The monoisotopic (exact) mass is 296 g/mol. The van der Waals surface area contributed by atoms with E-state index in [1.54, 1.807) is 0 Å². The molecule has 0 atom stereocenters. The molecule has 0 spiro atoms. The smallest absolute Gasteiger partial charge is 0.119 e. The molecule has 0 bridgehead atoms. The fourth-order valence-electron chi connectivity index (χ4n) is 2.71. The van der Waals surface area contributed by atoms with Crippen molar-refractivity contribution in [2.24, 2.45) is 5.41 Å². The Hall–Kier alpha value is -0.670. The molecule has 20 heavy (non-hydrogen) atoms. The topological polar surface area (TPSA) is 18.5 Å². The highest BCUT2D eigenvalue weighted by Crippen LogP contribution is 2.36. The van der Waals surface area contributed by atoms with Gasteiger partial charge in [0.1, 0.15) is 12.4 Å². The first-order valence-corrected chi connectivity index (χ1v) is 7.80. The van der Waals surface area contributed by atoms with Gasteiger partial charge in [-0.05, 0) is 34.9 Å². The highest BCUT2D eigenvalue weighted by atomic mass is 32.1. The fourth-order valence-corrected chi connectivity index (χ4v) is 2.84. The summed E-state index contributed by atoms with van der Waals surface area (Å²) in [5.74, 6) is 1.33. The zero-order valence-corrected chi connectivity index (χ0v) is 14.3. The summed E-state index contributed by atoms with van der Waals surface area (Å²) in [7, 11) is 0. The Morgan fingerprint density at radius 3 is 2.05 bits per heavy atom. The third-order valence-corrected chi connectivity index (χ3v) is 3.38. The lowest BCUT2D eigenvalue weighted by Gasteiger charge is -2.33. The van der Waals surface area contributed by atoms with Crippen LogP contribution in [0.1, 0.15) is 46.6 Å². The predicted octanol–water partition coefficient (Wildman–Crippen LogP) is 4.68. The molecule has 0 N–H and O–H groups in total. The lowest BCUT2D eigenvalue weighted by molar-refractivity contribution is 0.136. The van der Waals surface area contributed by atoms with Gasteiger partial charge in [-0.1, -0.05) is 46.8 Å². The van der Waals surface area contributed by atoms with Crippen molar-refractivity contribution in [3.8, 4) is 5.75 Å². The molecule has 0 aliphatic heterocycles. The number of benzene rings is 1. The van der Waals surface area contributed by atoms with Crippen LogP contribution in [0, 0.1) is 5.41 Å². The Morgan fingerprint density at radius 2 is 1.55 bits per heavy atom. The van der Waals surface area contributed by atoms with Crippen LogP contribution < -0.4 is 4.74 Å². The van der Waals surface area contributed by atoms with Crippen molar-refractivity contribution in [1.82, 2.24) is 0 Å². The Labute approximate surface area is 129 Å². The average Bonchev–Trinajstić information content (AvgIpc) is 2.32. The van der Waals surface area contributed by atoms with E-state index in [4.69, 9.17) is 9.47 Å². The lowest BCUT2D eigenvalue weighted by Crippen LogP contribution is -2.24. The molecule has 0 fully saturated rings. The van der Waals surface area contributed by atoms with Gasteiger partial charge in [-0.25, -0.2) is 0 Å². The van der Waals surface area contributed by atoms with Gasteiger partial charge < -0.3 is 9.47 Å². The third-order valence-electron chi connectivity index (χ3n) is 3.20. The van der Waals surface area contributed by atoms with E-state index in [9.17, 15) is 0 Å². The molecule has 0 heterocycles. The summed E-state index contributed by atoms with van der Waals surface area (Å²) in [6.45, 7) is 12.6. The molecule has 0 amide bonds. The Bertz CT molecular complexity index is 390. The van der Waals surface area contributed by atoms with E-state index in [-0.39, 0.29) is 5.41 Å². The van der Waals surface area contributed by atoms with Crippen LogP contribution in [0.25, 0.3) is 0 Å². The van der Waals surface area contributed by atoms with Crippen LogP contribution in [-0.4, -0.2) is 19.2 Å². The summed E-state index contributed by atoms with van der Waals surface area (Å²) in [5, 5.41) is 0. The SMILES string of the molecule is CC(C)(C)CC(C)(C)c1ccc(OCCOCS)cc1. The summed E-state index contributed by atoms with van der Waals surface area (Å²) >= 11 is 3.98. The molecule has 2 nitrogen and oxygen atoms in total. The van der Waals surface area contributed by atoms with Crippen LogP contribution in [0.5, 0.6) is 5.75 Å². The second-order valence-corrected chi connectivity index (χ2v) is 7.29. The molecule has 0 radical (unpaired) electrons. The molecule has 1 aromatic carbocycles. The van der Waals surface area contributed by atoms with Crippen LogP contribution in [0.3, 0.4) is 0 Å². The van der Waals surface area contributed by atoms with Crippen molar-refractivity contribution in [2.45, 2.75) is 46.5 Å². The van der Waals surface area contributed by atoms with Crippen LogP contribution in [-0.2, 0) is 10.2 Å².